The van der Waals surface area contributed by atoms with Gasteiger partial charge in [0.05, 0.1) is 10.7 Å². The summed E-state index contributed by atoms with van der Waals surface area (Å²) < 4.78 is 13.3. The Bertz CT molecular complexity index is 685. The van der Waals surface area contributed by atoms with E-state index in [1.807, 2.05) is 12.3 Å². The second-order valence-electron chi connectivity index (χ2n) is 6.24. The Kier molecular flexibility index (Phi) is 5.12. The molecule has 0 N–H and O–H groups in total. The molecule has 0 amide bonds. The van der Waals surface area contributed by atoms with Crippen LogP contribution in [0.4, 0.5) is 4.39 Å². The van der Waals surface area contributed by atoms with Crippen LogP contribution in [0.1, 0.15) is 44.1 Å². The second kappa shape index (κ2) is 7.27. The summed E-state index contributed by atoms with van der Waals surface area (Å²) in [6, 6.07) is 8.89. The van der Waals surface area contributed by atoms with Gasteiger partial charge >= 0.3 is 0 Å². The van der Waals surface area contributed by atoms with Crippen molar-refractivity contribution in [1.82, 2.24) is 4.98 Å². The highest BCUT2D eigenvalue weighted by molar-refractivity contribution is 6.31. The van der Waals surface area contributed by atoms with Crippen molar-refractivity contribution in [3.8, 4) is 11.3 Å². The van der Waals surface area contributed by atoms with Crippen molar-refractivity contribution >= 4 is 11.6 Å². The van der Waals surface area contributed by atoms with Gasteiger partial charge in [-0.25, -0.2) is 4.39 Å². The summed E-state index contributed by atoms with van der Waals surface area (Å²) in [5, 5.41) is 0.135. The molecule has 23 heavy (non-hydrogen) atoms. The van der Waals surface area contributed by atoms with Crippen LogP contribution >= 0.6 is 11.6 Å². The van der Waals surface area contributed by atoms with E-state index in [0.717, 1.165) is 17.2 Å². The molecule has 0 spiro atoms. The summed E-state index contributed by atoms with van der Waals surface area (Å²) >= 11 is 5.85. The molecule has 3 heteroatoms. The van der Waals surface area contributed by atoms with Crippen LogP contribution in [0.2, 0.25) is 5.02 Å². The minimum absolute atomic E-state index is 0.135. The van der Waals surface area contributed by atoms with Crippen molar-refractivity contribution in [2.45, 2.75) is 38.5 Å². The molecule has 1 aliphatic carbocycles. The largest absolute Gasteiger partial charge is 0.256 e. The van der Waals surface area contributed by atoms with Crippen LogP contribution in [-0.4, -0.2) is 4.98 Å². The Balaban J connectivity index is 1.71. The minimum Gasteiger partial charge on any atom is -0.256 e. The third-order valence-corrected chi connectivity index (χ3v) is 5.00. The van der Waals surface area contributed by atoms with Gasteiger partial charge in [-0.1, -0.05) is 29.8 Å². The highest BCUT2D eigenvalue weighted by atomic mass is 35.5. The number of hydrogen-bond acceptors (Lipinski definition) is 1. The van der Waals surface area contributed by atoms with Crippen molar-refractivity contribution in [3.05, 3.63) is 65.1 Å². The Morgan fingerprint density at radius 1 is 1.13 bits per heavy atom. The Labute approximate surface area is 142 Å². The van der Waals surface area contributed by atoms with Crippen LogP contribution in [0.25, 0.3) is 11.3 Å². The molecule has 0 radical (unpaired) electrons. The highest BCUT2D eigenvalue weighted by Gasteiger charge is 2.21. The number of hydrogen-bond donors (Lipinski definition) is 0. The lowest BCUT2D eigenvalue weighted by Gasteiger charge is -2.26. The van der Waals surface area contributed by atoms with E-state index in [1.165, 1.54) is 37.3 Å². The van der Waals surface area contributed by atoms with E-state index in [-0.39, 0.29) is 5.02 Å². The van der Waals surface area contributed by atoms with Crippen LogP contribution in [0.3, 0.4) is 0 Å². The first-order valence-corrected chi connectivity index (χ1v) is 8.59. The number of nitrogens with zero attached hydrogens (tertiary/aromatic N) is 1. The first-order valence-electron chi connectivity index (χ1n) is 8.21. The van der Waals surface area contributed by atoms with Gasteiger partial charge in [0.2, 0.25) is 0 Å². The van der Waals surface area contributed by atoms with Crippen molar-refractivity contribution in [2.75, 3.05) is 0 Å². The number of halogens is 2. The Morgan fingerprint density at radius 2 is 1.91 bits per heavy atom. The number of allylic oxidation sites excluding steroid dienone is 2. The Morgan fingerprint density at radius 3 is 2.52 bits per heavy atom. The maximum Gasteiger partial charge on any atom is 0.141 e. The predicted octanol–water partition coefficient (Wildman–Crippen LogP) is 6.39. The summed E-state index contributed by atoms with van der Waals surface area (Å²) in [4.78, 5) is 4.56. The normalized spacial score (nSPS) is 21.7. The number of rotatable bonds is 3. The molecule has 2 aromatic rings. The van der Waals surface area contributed by atoms with E-state index < -0.39 is 5.82 Å². The molecule has 1 aromatic carbocycles. The van der Waals surface area contributed by atoms with Crippen molar-refractivity contribution in [2.24, 2.45) is 5.92 Å². The zero-order chi connectivity index (χ0) is 16.2. The third-order valence-electron chi connectivity index (χ3n) is 4.71. The highest BCUT2D eigenvalue weighted by Crippen LogP contribution is 2.36. The van der Waals surface area contributed by atoms with E-state index >= 15 is 0 Å². The molecule has 120 valence electrons. The molecule has 0 unspecified atom stereocenters. The summed E-state index contributed by atoms with van der Waals surface area (Å²) in [5.41, 5.74) is 2.99. The van der Waals surface area contributed by atoms with Gasteiger partial charge in [-0.05, 0) is 74.3 Å². The fourth-order valence-electron chi connectivity index (χ4n) is 3.39. The molecule has 1 aromatic heterocycles. The SMILES string of the molecule is CC=CC1CCC(c2ccc(-c3ccc(F)c(Cl)c3)nc2)CC1. The lowest BCUT2D eigenvalue weighted by Crippen LogP contribution is -2.11. The fraction of sp³-hybridized carbons (Fsp3) is 0.350. The van der Waals surface area contributed by atoms with Crippen LogP contribution in [0.15, 0.2) is 48.7 Å². The lowest BCUT2D eigenvalue weighted by atomic mass is 9.79. The monoisotopic (exact) mass is 329 g/mol. The van der Waals surface area contributed by atoms with Crippen LogP contribution in [-0.2, 0) is 0 Å². The molecule has 3 rings (SSSR count). The van der Waals surface area contributed by atoms with E-state index in [0.29, 0.717) is 5.92 Å². The maximum absolute atomic E-state index is 13.3. The minimum atomic E-state index is -0.398. The van der Waals surface area contributed by atoms with Crippen LogP contribution in [0, 0.1) is 11.7 Å². The molecule has 1 heterocycles. The van der Waals surface area contributed by atoms with Crippen LogP contribution in [0.5, 0.6) is 0 Å². The summed E-state index contributed by atoms with van der Waals surface area (Å²) in [7, 11) is 0. The quantitative estimate of drug-likeness (QED) is 0.594. The molecule has 1 aliphatic rings. The summed E-state index contributed by atoms with van der Waals surface area (Å²) in [5.74, 6) is 0.949. The van der Waals surface area contributed by atoms with E-state index in [2.05, 4.69) is 30.1 Å². The van der Waals surface area contributed by atoms with Gasteiger partial charge in [0.15, 0.2) is 0 Å². The average molecular weight is 330 g/mol. The topological polar surface area (TPSA) is 12.9 Å². The van der Waals surface area contributed by atoms with E-state index in [1.54, 1.807) is 12.1 Å². The average Bonchev–Trinajstić information content (AvgIpc) is 2.59. The molecular formula is C20H21ClFN. The standard InChI is InChI=1S/C20H21ClFN/c1-2-3-14-4-6-15(7-5-14)17-9-11-20(23-13-17)16-8-10-19(22)18(21)12-16/h2-3,8-15H,4-7H2,1H3. The van der Waals surface area contributed by atoms with E-state index in [4.69, 9.17) is 11.6 Å². The summed E-state index contributed by atoms with van der Waals surface area (Å²) in [6.07, 6.45) is 11.4. The van der Waals surface area contributed by atoms with Crippen molar-refractivity contribution in [3.63, 3.8) is 0 Å². The molecule has 0 bridgehead atoms. The van der Waals surface area contributed by atoms with Gasteiger partial charge in [0, 0.05) is 11.8 Å². The van der Waals surface area contributed by atoms with Gasteiger partial charge in [-0.15, -0.1) is 0 Å². The van der Waals surface area contributed by atoms with Gasteiger partial charge in [0.1, 0.15) is 5.82 Å². The fourth-order valence-corrected chi connectivity index (χ4v) is 3.57. The number of pyridine rings is 1. The third kappa shape index (κ3) is 3.81. The first kappa shape index (κ1) is 16.2. The molecule has 0 atom stereocenters. The summed E-state index contributed by atoms with van der Waals surface area (Å²) in [6.45, 7) is 2.09. The zero-order valence-electron chi connectivity index (χ0n) is 13.3. The van der Waals surface area contributed by atoms with Gasteiger partial charge in [-0.3, -0.25) is 4.98 Å². The molecule has 1 nitrogen and oxygen atoms in total. The van der Waals surface area contributed by atoms with Crippen molar-refractivity contribution < 1.29 is 4.39 Å². The number of aromatic nitrogens is 1. The smallest absolute Gasteiger partial charge is 0.141 e. The predicted molar refractivity (Wildman–Crippen MR) is 94.2 cm³/mol. The lowest BCUT2D eigenvalue weighted by molar-refractivity contribution is 0.375. The molecular weight excluding hydrogens is 309 g/mol. The van der Waals surface area contributed by atoms with E-state index in [9.17, 15) is 4.39 Å². The van der Waals surface area contributed by atoms with Crippen molar-refractivity contribution in [1.29, 1.82) is 0 Å². The van der Waals surface area contributed by atoms with Gasteiger partial charge in [-0.2, -0.15) is 0 Å². The zero-order valence-corrected chi connectivity index (χ0v) is 14.1. The molecule has 1 saturated carbocycles. The van der Waals surface area contributed by atoms with Gasteiger partial charge in [0.25, 0.3) is 0 Å². The maximum atomic E-state index is 13.3. The second-order valence-corrected chi connectivity index (χ2v) is 6.65. The Hall–Kier alpha value is -1.67. The molecule has 0 saturated heterocycles. The molecule has 1 fully saturated rings. The first-order chi connectivity index (χ1) is 11.2. The number of benzene rings is 1. The van der Waals surface area contributed by atoms with Crippen LogP contribution < -0.4 is 0 Å². The molecule has 0 aliphatic heterocycles. The van der Waals surface area contributed by atoms with Gasteiger partial charge < -0.3 is 0 Å².